The third-order valence-electron chi connectivity index (χ3n) is 3.29. The quantitative estimate of drug-likeness (QED) is 0.581. The van der Waals surface area contributed by atoms with E-state index in [4.69, 9.17) is 9.29 Å². The van der Waals surface area contributed by atoms with Crippen LogP contribution >= 0.6 is 0 Å². The maximum absolute atomic E-state index is 11.2. The summed E-state index contributed by atoms with van der Waals surface area (Å²) < 4.78 is 37.0. The van der Waals surface area contributed by atoms with Gasteiger partial charge in [0.1, 0.15) is 5.75 Å². The second-order valence-corrected chi connectivity index (χ2v) is 5.91. The molecule has 0 radical (unpaired) electrons. The van der Waals surface area contributed by atoms with E-state index >= 15 is 0 Å². The average molecular weight is 288 g/mol. The molecule has 0 atom stereocenters. The number of methoxy groups -OCH3 is 1. The van der Waals surface area contributed by atoms with Crippen molar-refractivity contribution >= 4 is 31.7 Å². The Morgan fingerprint density at radius 1 is 0.950 bits per heavy atom. The van der Waals surface area contributed by atoms with Gasteiger partial charge in [-0.2, -0.15) is 8.42 Å². The van der Waals surface area contributed by atoms with Gasteiger partial charge in [-0.05, 0) is 35.0 Å². The van der Waals surface area contributed by atoms with Crippen molar-refractivity contribution in [3.8, 4) is 5.75 Å². The molecular formula is C15H12O4S. The first kappa shape index (κ1) is 12.9. The van der Waals surface area contributed by atoms with Crippen LogP contribution in [0.3, 0.4) is 0 Å². The van der Waals surface area contributed by atoms with Gasteiger partial charge < -0.3 is 4.74 Å². The van der Waals surface area contributed by atoms with Crippen molar-refractivity contribution in [3.63, 3.8) is 0 Å². The average Bonchev–Trinajstić information content (AvgIpc) is 2.43. The molecule has 0 saturated carbocycles. The summed E-state index contributed by atoms with van der Waals surface area (Å²) in [6.45, 7) is 0. The Balaban J connectivity index is 2.45. The first-order chi connectivity index (χ1) is 9.50. The summed E-state index contributed by atoms with van der Waals surface area (Å²) in [7, 11) is -2.63. The topological polar surface area (TPSA) is 63.6 Å². The Bertz CT molecular complexity index is 914. The third kappa shape index (κ3) is 2.01. The lowest BCUT2D eigenvalue weighted by Gasteiger charge is -2.10. The standard InChI is InChI=1S/C15H12O4S/c1-19-15-13-5-3-2-4-10(13)8-11-9-12(20(16,17)18)6-7-14(11)15/h2-9H,1H3,(H,16,17,18). The lowest BCUT2D eigenvalue weighted by atomic mass is 10.0. The molecule has 0 amide bonds. The molecule has 0 spiro atoms. The molecule has 102 valence electrons. The van der Waals surface area contributed by atoms with Crippen LogP contribution < -0.4 is 4.74 Å². The summed E-state index contributed by atoms with van der Waals surface area (Å²) in [6.07, 6.45) is 0. The van der Waals surface area contributed by atoms with Crippen molar-refractivity contribution in [2.24, 2.45) is 0 Å². The zero-order chi connectivity index (χ0) is 14.3. The molecule has 0 saturated heterocycles. The van der Waals surface area contributed by atoms with E-state index in [0.717, 1.165) is 16.2 Å². The lowest BCUT2D eigenvalue weighted by Crippen LogP contribution is -1.98. The molecule has 0 fully saturated rings. The maximum Gasteiger partial charge on any atom is 0.294 e. The Kier molecular flexibility index (Phi) is 2.88. The van der Waals surface area contributed by atoms with E-state index in [1.165, 1.54) is 12.1 Å². The summed E-state index contributed by atoms with van der Waals surface area (Å²) in [5, 5.41) is 3.42. The van der Waals surface area contributed by atoms with Crippen LogP contribution in [0.25, 0.3) is 21.5 Å². The van der Waals surface area contributed by atoms with Crippen molar-refractivity contribution in [1.29, 1.82) is 0 Å². The molecule has 3 aromatic rings. The number of fused-ring (bicyclic) bond motifs is 2. The van der Waals surface area contributed by atoms with E-state index in [-0.39, 0.29) is 4.90 Å². The minimum atomic E-state index is -4.21. The highest BCUT2D eigenvalue weighted by Gasteiger charge is 2.13. The number of ether oxygens (including phenoxy) is 1. The molecule has 0 aliphatic rings. The van der Waals surface area contributed by atoms with Crippen molar-refractivity contribution in [2.45, 2.75) is 4.90 Å². The van der Waals surface area contributed by atoms with Crippen LogP contribution in [0, 0.1) is 0 Å². The van der Waals surface area contributed by atoms with Crippen molar-refractivity contribution in [1.82, 2.24) is 0 Å². The molecule has 0 heterocycles. The molecule has 0 aliphatic carbocycles. The zero-order valence-corrected chi connectivity index (χ0v) is 11.5. The van der Waals surface area contributed by atoms with Gasteiger partial charge in [-0.1, -0.05) is 24.3 Å². The summed E-state index contributed by atoms with van der Waals surface area (Å²) in [5.74, 6) is 0.694. The summed E-state index contributed by atoms with van der Waals surface area (Å²) >= 11 is 0. The van der Waals surface area contributed by atoms with Crippen LogP contribution in [-0.4, -0.2) is 20.1 Å². The molecule has 3 rings (SSSR count). The molecule has 0 bridgehead atoms. The van der Waals surface area contributed by atoms with Crippen LogP contribution in [0.4, 0.5) is 0 Å². The fourth-order valence-electron chi connectivity index (χ4n) is 2.39. The van der Waals surface area contributed by atoms with Gasteiger partial charge in [0.15, 0.2) is 0 Å². The molecular weight excluding hydrogens is 276 g/mol. The molecule has 0 unspecified atom stereocenters. The van der Waals surface area contributed by atoms with Gasteiger partial charge in [-0.25, -0.2) is 0 Å². The minimum absolute atomic E-state index is 0.123. The highest BCUT2D eigenvalue weighted by Crippen LogP contribution is 2.35. The fourth-order valence-corrected chi connectivity index (χ4v) is 2.91. The smallest absolute Gasteiger partial charge is 0.294 e. The monoisotopic (exact) mass is 288 g/mol. The summed E-state index contributed by atoms with van der Waals surface area (Å²) in [4.78, 5) is -0.123. The van der Waals surface area contributed by atoms with Gasteiger partial charge in [0.2, 0.25) is 0 Å². The first-order valence-corrected chi connectivity index (χ1v) is 7.42. The molecule has 20 heavy (non-hydrogen) atoms. The van der Waals surface area contributed by atoms with Crippen LogP contribution in [0.15, 0.2) is 53.4 Å². The normalized spacial score (nSPS) is 11.9. The zero-order valence-electron chi connectivity index (χ0n) is 10.7. The largest absolute Gasteiger partial charge is 0.495 e. The second-order valence-electron chi connectivity index (χ2n) is 4.49. The van der Waals surface area contributed by atoms with Crippen LogP contribution in [0.1, 0.15) is 0 Å². The second kappa shape index (κ2) is 4.47. The van der Waals surface area contributed by atoms with Crippen LogP contribution in [0.5, 0.6) is 5.75 Å². The Hall–Kier alpha value is -2.11. The molecule has 0 aromatic heterocycles. The molecule has 4 nitrogen and oxygen atoms in total. The van der Waals surface area contributed by atoms with Gasteiger partial charge in [0, 0.05) is 10.8 Å². The minimum Gasteiger partial charge on any atom is -0.495 e. The molecule has 1 N–H and O–H groups in total. The predicted octanol–water partition coefficient (Wildman–Crippen LogP) is 3.25. The summed E-state index contributed by atoms with van der Waals surface area (Å²) in [6, 6.07) is 14.0. The summed E-state index contributed by atoms with van der Waals surface area (Å²) in [5.41, 5.74) is 0. The van der Waals surface area contributed by atoms with E-state index < -0.39 is 10.1 Å². The Morgan fingerprint density at radius 3 is 2.35 bits per heavy atom. The fraction of sp³-hybridized carbons (Fsp3) is 0.0667. The Morgan fingerprint density at radius 2 is 1.65 bits per heavy atom. The predicted molar refractivity (Wildman–Crippen MR) is 77.8 cm³/mol. The van der Waals surface area contributed by atoms with Crippen molar-refractivity contribution in [3.05, 3.63) is 48.5 Å². The van der Waals surface area contributed by atoms with E-state index in [1.807, 2.05) is 30.3 Å². The third-order valence-corrected chi connectivity index (χ3v) is 4.14. The first-order valence-electron chi connectivity index (χ1n) is 5.98. The number of hydrogen-bond acceptors (Lipinski definition) is 3. The van der Waals surface area contributed by atoms with Crippen LogP contribution in [0.2, 0.25) is 0 Å². The highest BCUT2D eigenvalue weighted by atomic mass is 32.2. The van der Waals surface area contributed by atoms with E-state index in [0.29, 0.717) is 11.1 Å². The van der Waals surface area contributed by atoms with Crippen LogP contribution in [-0.2, 0) is 10.1 Å². The number of rotatable bonds is 2. The SMILES string of the molecule is COc1c2ccccc2cc2cc(S(=O)(=O)O)ccc12. The van der Waals surface area contributed by atoms with Gasteiger partial charge in [-0.15, -0.1) is 0 Å². The van der Waals surface area contributed by atoms with E-state index in [9.17, 15) is 8.42 Å². The van der Waals surface area contributed by atoms with Gasteiger partial charge in [0.25, 0.3) is 10.1 Å². The molecule has 0 aliphatic heterocycles. The lowest BCUT2D eigenvalue weighted by molar-refractivity contribution is 0.424. The van der Waals surface area contributed by atoms with E-state index in [2.05, 4.69) is 0 Å². The van der Waals surface area contributed by atoms with Gasteiger partial charge in [0.05, 0.1) is 12.0 Å². The van der Waals surface area contributed by atoms with Gasteiger partial charge in [-0.3, -0.25) is 4.55 Å². The Labute approximate surface area is 116 Å². The molecule has 5 heteroatoms. The number of benzene rings is 3. The maximum atomic E-state index is 11.2. The number of hydrogen-bond donors (Lipinski definition) is 1. The highest BCUT2D eigenvalue weighted by molar-refractivity contribution is 7.85. The van der Waals surface area contributed by atoms with Crippen molar-refractivity contribution in [2.75, 3.05) is 7.11 Å². The molecule has 3 aromatic carbocycles. The van der Waals surface area contributed by atoms with E-state index in [1.54, 1.807) is 13.2 Å². The van der Waals surface area contributed by atoms with Crippen molar-refractivity contribution < 1.29 is 17.7 Å². The van der Waals surface area contributed by atoms with Gasteiger partial charge >= 0.3 is 0 Å².